The molecule has 1 aromatic rings. The molecule has 0 saturated carbocycles. The maximum atomic E-state index is 4.30. The zero-order valence-electron chi connectivity index (χ0n) is 6.99. The second-order valence-electron chi connectivity index (χ2n) is 2.94. The standard InChI is InChI=1S/C8H13N3S/c1-2-9-3-5-11(4-1)8-6-12-7-10-8/h6-7,9H,1-5H2. The van der Waals surface area contributed by atoms with Gasteiger partial charge in [-0.2, -0.15) is 0 Å². The van der Waals surface area contributed by atoms with Gasteiger partial charge in [0.15, 0.2) is 0 Å². The Morgan fingerprint density at radius 3 is 3.25 bits per heavy atom. The first-order valence-corrected chi connectivity index (χ1v) is 5.25. The number of aromatic nitrogens is 1. The molecule has 2 rings (SSSR count). The van der Waals surface area contributed by atoms with Crippen LogP contribution in [0.25, 0.3) is 0 Å². The lowest BCUT2D eigenvalue weighted by molar-refractivity contribution is 0.724. The molecule has 3 nitrogen and oxygen atoms in total. The highest BCUT2D eigenvalue weighted by atomic mass is 32.1. The Hall–Kier alpha value is -0.610. The van der Waals surface area contributed by atoms with Gasteiger partial charge in [0, 0.05) is 25.0 Å². The van der Waals surface area contributed by atoms with Gasteiger partial charge in [-0.25, -0.2) is 4.98 Å². The number of hydrogen-bond acceptors (Lipinski definition) is 4. The Morgan fingerprint density at radius 1 is 1.42 bits per heavy atom. The lowest BCUT2D eigenvalue weighted by atomic mass is 10.4. The minimum absolute atomic E-state index is 1.08. The minimum Gasteiger partial charge on any atom is -0.355 e. The molecule has 0 bridgehead atoms. The van der Waals surface area contributed by atoms with E-state index in [1.54, 1.807) is 11.3 Å². The van der Waals surface area contributed by atoms with Gasteiger partial charge in [-0.1, -0.05) is 0 Å². The van der Waals surface area contributed by atoms with Gasteiger partial charge in [0.25, 0.3) is 0 Å². The predicted octanol–water partition coefficient (Wildman–Crippen LogP) is 0.943. The zero-order chi connectivity index (χ0) is 8.23. The quantitative estimate of drug-likeness (QED) is 0.702. The fourth-order valence-electron chi connectivity index (χ4n) is 1.44. The lowest BCUT2D eigenvalue weighted by Gasteiger charge is -2.18. The molecule has 1 aliphatic heterocycles. The highest BCUT2D eigenvalue weighted by Crippen LogP contribution is 2.14. The molecular formula is C8H13N3S. The first-order chi connectivity index (χ1) is 5.97. The van der Waals surface area contributed by atoms with Crippen molar-refractivity contribution >= 4 is 17.2 Å². The Labute approximate surface area is 76.4 Å². The molecule has 0 spiro atoms. The molecule has 0 unspecified atom stereocenters. The van der Waals surface area contributed by atoms with Crippen LogP contribution in [0.3, 0.4) is 0 Å². The Morgan fingerprint density at radius 2 is 2.42 bits per heavy atom. The summed E-state index contributed by atoms with van der Waals surface area (Å²) >= 11 is 1.67. The maximum absolute atomic E-state index is 4.30. The zero-order valence-corrected chi connectivity index (χ0v) is 7.81. The summed E-state index contributed by atoms with van der Waals surface area (Å²) in [5, 5.41) is 5.49. The summed E-state index contributed by atoms with van der Waals surface area (Å²) in [6, 6.07) is 0. The third-order valence-electron chi connectivity index (χ3n) is 2.08. The smallest absolute Gasteiger partial charge is 0.139 e. The van der Waals surface area contributed by atoms with Gasteiger partial charge in [0.05, 0.1) is 5.51 Å². The predicted molar refractivity (Wildman–Crippen MR) is 51.8 cm³/mol. The molecule has 1 saturated heterocycles. The van der Waals surface area contributed by atoms with Crippen molar-refractivity contribution < 1.29 is 0 Å². The number of hydrogen-bond donors (Lipinski definition) is 1. The van der Waals surface area contributed by atoms with Crippen molar-refractivity contribution in [3.05, 3.63) is 10.9 Å². The third kappa shape index (κ3) is 1.76. The molecule has 0 amide bonds. The number of nitrogens with zero attached hydrogens (tertiary/aromatic N) is 2. The number of nitrogens with one attached hydrogen (secondary N) is 1. The average molecular weight is 183 g/mol. The van der Waals surface area contributed by atoms with Crippen molar-refractivity contribution in [3.8, 4) is 0 Å². The largest absolute Gasteiger partial charge is 0.355 e. The summed E-state index contributed by atoms with van der Waals surface area (Å²) in [5.41, 5.74) is 1.90. The topological polar surface area (TPSA) is 28.2 Å². The van der Waals surface area contributed by atoms with Crippen LogP contribution in [0.15, 0.2) is 10.9 Å². The molecular weight excluding hydrogens is 170 g/mol. The van der Waals surface area contributed by atoms with Crippen LogP contribution in [0.2, 0.25) is 0 Å². The first-order valence-electron chi connectivity index (χ1n) is 4.31. The van der Waals surface area contributed by atoms with Crippen molar-refractivity contribution in [1.82, 2.24) is 10.3 Å². The van der Waals surface area contributed by atoms with E-state index in [2.05, 4.69) is 20.6 Å². The fourth-order valence-corrected chi connectivity index (χ4v) is 2.00. The summed E-state index contributed by atoms with van der Waals surface area (Å²) in [7, 11) is 0. The summed E-state index contributed by atoms with van der Waals surface area (Å²) in [6.07, 6.45) is 1.22. The van der Waals surface area contributed by atoms with E-state index >= 15 is 0 Å². The molecule has 0 radical (unpaired) electrons. The van der Waals surface area contributed by atoms with Crippen LogP contribution in [0.4, 0.5) is 5.82 Å². The average Bonchev–Trinajstić information content (AvgIpc) is 2.48. The summed E-state index contributed by atoms with van der Waals surface area (Å²) in [4.78, 5) is 6.64. The lowest BCUT2D eigenvalue weighted by Crippen LogP contribution is -2.27. The molecule has 12 heavy (non-hydrogen) atoms. The van der Waals surface area contributed by atoms with Gasteiger partial charge in [-0.3, -0.25) is 0 Å². The Kier molecular flexibility index (Phi) is 2.58. The van der Waals surface area contributed by atoms with Crippen molar-refractivity contribution in [3.63, 3.8) is 0 Å². The first kappa shape index (κ1) is 8.01. The van der Waals surface area contributed by atoms with Gasteiger partial charge in [0.2, 0.25) is 0 Å². The van der Waals surface area contributed by atoms with E-state index in [0.29, 0.717) is 0 Å². The Balaban J connectivity index is 2.02. The molecule has 2 heterocycles. The van der Waals surface area contributed by atoms with Crippen molar-refractivity contribution in [1.29, 1.82) is 0 Å². The molecule has 4 heteroatoms. The van der Waals surface area contributed by atoms with E-state index in [9.17, 15) is 0 Å². The molecule has 0 aliphatic carbocycles. The van der Waals surface area contributed by atoms with E-state index in [0.717, 1.165) is 32.0 Å². The molecule has 0 aromatic carbocycles. The Bertz CT molecular complexity index is 214. The normalized spacial score (nSPS) is 19.2. The second kappa shape index (κ2) is 3.87. The molecule has 1 N–H and O–H groups in total. The molecule has 1 aliphatic rings. The SMILES string of the molecule is c1nc(N2CCCNCC2)cs1. The molecule has 1 fully saturated rings. The minimum atomic E-state index is 1.08. The van der Waals surface area contributed by atoms with Gasteiger partial charge in [-0.05, 0) is 13.0 Å². The third-order valence-corrected chi connectivity index (χ3v) is 2.66. The van der Waals surface area contributed by atoms with Crippen LogP contribution in [0, 0.1) is 0 Å². The van der Waals surface area contributed by atoms with Gasteiger partial charge < -0.3 is 10.2 Å². The summed E-state index contributed by atoms with van der Waals surface area (Å²) < 4.78 is 0. The molecule has 66 valence electrons. The van der Waals surface area contributed by atoms with Gasteiger partial charge >= 0.3 is 0 Å². The van der Waals surface area contributed by atoms with Crippen LogP contribution < -0.4 is 10.2 Å². The van der Waals surface area contributed by atoms with E-state index in [1.165, 1.54) is 6.42 Å². The van der Waals surface area contributed by atoms with E-state index < -0.39 is 0 Å². The number of rotatable bonds is 1. The van der Waals surface area contributed by atoms with Crippen molar-refractivity contribution in [2.45, 2.75) is 6.42 Å². The maximum Gasteiger partial charge on any atom is 0.139 e. The summed E-state index contributed by atoms with van der Waals surface area (Å²) in [5.74, 6) is 1.14. The fraction of sp³-hybridized carbons (Fsp3) is 0.625. The van der Waals surface area contributed by atoms with Crippen LogP contribution in [0.5, 0.6) is 0 Å². The van der Waals surface area contributed by atoms with Gasteiger partial charge in [0.1, 0.15) is 5.82 Å². The van der Waals surface area contributed by atoms with E-state index in [4.69, 9.17) is 0 Å². The summed E-state index contributed by atoms with van der Waals surface area (Å²) in [6.45, 7) is 4.44. The molecule has 1 aromatic heterocycles. The van der Waals surface area contributed by atoms with E-state index in [-0.39, 0.29) is 0 Å². The van der Waals surface area contributed by atoms with Crippen LogP contribution in [0.1, 0.15) is 6.42 Å². The second-order valence-corrected chi connectivity index (χ2v) is 3.66. The highest BCUT2D eigenvalue weighted by molar-refractivity contribution is 7.07. The highest BCUT2D eigenvalue weighted by Gasteiger charge is 2.09. The van der Waals surface area contributed by atoms with Crippen LogP contribution >= 0.6 is 11.3 Å². The van der Waals surface area contributed by atoms with Crippen LogP contribution in [-0.4, -0.2) is 31.2 Å². The number of thiazole rings is 1. The molecule has 0 atom stereocenters. The van der Waals surface area contributed by atoms with Crippen molar-refractivity contribution in [2.75, 3.05) is 31.1 Å². The monoisotopic (exact) mass is 183 g/mol. The van der Waals surface area contributed by atoms with Crippen molar-refractivity contribution in [2.24, 2.45) is 0 Å². The van der Waals surface area contributed by atoms with E-state index in [1.807, 2.05) is 5.51 Å². The van der Waals surface area contributed by atoms with Crippen LogP contribution in [-0.2, 0) is 0 Å². The van der Waals surface area contributed by atoms with Gasteiger partial charge in [-0.15, -0.1) is 11.3 Å². The number of anilines is 1.